The maximum atomic E-state index is 14.2. The molecule has 2 bridgehead atoms. The number of piperidine rings is 1. The van der Waals surface area contributed by atoms with E-state index in [2.05, 4.69) is 19.9 Å². The van der Waals surface area contributed by atoms with Gasteiger partial charge in [-0.25, -0.2) is 4.79 Å². The van der Waals surface area contributed by atoms with Crippen molar-refractivity contribution in [3.63, 3.8) is 0 Å². The van der Waals surface area contributed by atoms with Crippen molar-refractivity contribution >= 4 is 17.7 Å². The summed E-state index contributed by atoms with van der Waals surface area (Å²) in [6, 6.07) is -0.776. The molecule has 10 atom stereocenters. The van der Waals surface area contributed by atoms with Crippen LogP contribution in [0, 0.1) is 29.6 Å². The Morgan fingerprint density at radius 1 is 0.929 bits per heavy atom. The lowest BCUT2D eigenvalue weighted by Crippen LogP contribution is -2.54. The van der Waals surface area contributed by atoms with Gasteiger partial charge in [0.2, 0.25) is 5.91 Å². The molecular formula is C46H73NO9. The molecular weight excluding hydrogens is 711 g/mol. The van der Waals surface area contributed by atoms with Gasteiger partial charge in [-0.2, -0.15) is 0 Å². The zero-order valence-corrected chi connectivity index (χ0v) is 35.4. The van der Waals surface area contributed by atoms with Crippen molar-refractivity contribution in [3.8, 4) is 0 Å². The summed E-state index contributed by atoms with van der Waals surface area (Å²) in [5.41, 5.74) is 1.67. The number of ether oxygens (including phenoxy) is 3. The number of Topliss-reactive ketones (excluding diaryl/α,β-unsaturated/α-hetero) is 1. The van der Waals surface area contributed by atoms with Crippen LogP contribution in [-0.4, -0.2) is 93.9 Å². The maximum absolute atomic E-state index is 14.2. The first-order chi connectivity index (χ1) is 26.6. The number of esters is 1. The Hall–Kier alpha value is -2.63. The Labute approximate surface area is 336 Å². The van der Waals surface area contributed by atoms with Gasteiger partial charge in [0.25, 0.3) is 0 Å². The smallest absolute Gasteiger partial charge is 0.329 e. The average Bonchev–Trinajstić information content (AvgIpc) is 3.16. The van der Waals surface area contributed by atoms with Crippen molar-refractivity contribution in [3.05, 3.63) is 47.6 Å². The van der Waals surface area contributed by atoms with Crippen LogP contribution in [0.3, 0.4) is 0 Å². The van der Waals surface area contributed by atoms with Gasteiger partial charge in [-0.05, 0) is 113 Å². The predicted octanol–water partition coefficient (Wildman–Crippen LogP) is 7.55. The van der Waals surface area contributed by atoms with Crippen molar-refractivity contribution < 1.29 is 43.9 Å². The maximum Gasteiger partial charge on any atom is 0.329 e. The molecule has 1 unspecified atom stereocenters. The first-order valence-electron chi connectivity index (χ1n) is 21.6. The fourth-order valence-corrected chi connectivity index (χ4v) is 9.08. The lowest BCUT2D eigenvalue weighted by Gasteiger charge is -2.44. The Balaban J connectivity index is 1.61. The second-order valence-electron chi connectivity index (χ2n) is 17.8. The molecule has 0 radical (unpaired) electrons. The van der Waals surface area contributed by atoms with E-state index < -0.39 is 30.0 Å². The van der Waals surface area contributed by atoms with Gasteiger partial charge in [-0.1, -0.05) is 64.2 Å². The summed E-state index contributed by atoms with van der Waals surface area (Å²) in [4.78, 5) is 43.1. The topological polar surface area (TPSA) is 143 Å². The average molecular weight is 784 g/mol. The zero-order valence-electron chi connectivity index (χ0n) is 35.4. The number of carbonyl (C=O) groups is 3. The molecule has 10 nitrogen and oxygen atoms in total. The summed E-state index contributed by atoms with van der Waals surface area (Å²) < 4.78 is 18.6. The van der Waals surface area contributed by atoms with Gasteiger partial charge in [-0.15, -0.1) is 0 Å². The number of aliphatic hydroxyl groups excluding tert-OH is 2. The van der Waals surface area contributed by atoms with Gasteiger partial charge in [0, 0.05) is 44.8 Å². The van der Waals surface area contributed by atoms with Crippen molar-refractivity contribution in [2.24, 2.45) is 29.6 Å². The van der Waals surface area contributed by atoms with Crippen molar-refractivity contribution in [2.75, 3.05) is 13.7 Å². The zero-order chi connectivity index (χ0) is 41.0. The molecule has 4 aliphatic rings. The van der Waals surface area contributed by atoms with Gasteiger partial charge >= 0.3 is 5.97 Å². The number of hydrogen-bond acceptors (Lipinski definition) is 9. The molecule has 3 N–H and O–H groups in total. The summed E-state index contributed by atoms with van der Waals surface area (Å²) in [7, 11) is 1.66. The molecule has 1 aliphatic carbocycles. The number of rotatable bonds is 4. The van der Waals surface area contributed by atoms with Crippen LogP contribution in [0.25, 0.3) is 0 Å². The van der Waals surface area contributed by atoms with Crippen LogP contribution in [0.15, 0.2) is 47.6 Å². The van der Waals surface area contributed by atoms with Crippen LogP contribution in [0.5, 0.6) is 0 Å². The number of cyclic esters (lactones) is 1. The summed E-state index contributed by atoms with van der Waals surface area (Å²) in [5, 5.41) is 33.1. The Kier molecular flexibility index (Phi) is 18.0. The second kappa shape index (κ2) is 21.9. The quantitative estimate of drug-likeness (QED) is 0.195. The largest absolute Gasteiger partial charge is 0.460 e. The number of hydrogen-bond donors (Lipinski definition) is 3. The molecule has 2 saturated heterocycles. The van der Waals surface area contributed by atoms with Crippen LogP contribution < -0.4 is 0 Å². The van der Waals surface area contributed by atoms with Gasteiger partial charge in [0.15, 0.2) is 5.79 Å². The van der Waals surface area contributed by atoms with E-state index in [1.807, 2.05) is 58.1 Å². The van der Waals surface area contributed by atoms with E-state index in [-0.39, 0.29) is 66.5 Å². The van der Waals surface area contributed by atoms with Gasteiger partial charge in [-0.3, -0.25) is 9.59 Å². The summed E-state index contributed by atoms with van der Waals surface area (Å²) in [6.45, 7) is 12.2. The molecule has 1 saturated carbocycles. The lowest BCUT2D eigenvalue weighted by molar-refractivity contribution is -0.284. The molecule has 3 fully saturated rings. The van der Waals surface area contributed by atoms with Crippen molar-refractivity contribution in [1.82, 2.24) is 4.90 Å². The number of ketones is 1. The molecule has 3 aliphatic heterocycles. The fraction of sp³-hybridized carbons (Fsp3) is 0.761. The molecule has 0 aromatic heterocycles. The highest BCUT2D eigenvalue weighted by Crippen LogP contribution is 2.38. The van der Waals surface area contributed by atoms with Gasteiger partial charge < -0.3 is 34.4 Å². The molecule has 316 valence electrons. The summed E-state index contributed by atoms with van der Waals surface area (Å²) in [6.07, 6.45) is 18.6. The van der Waals surface area contributed by atoms with E-state index in [4.69, 9.17) is 14.2 Å². The first-order valence-corrected chi connectivity index (χ1v) is 21.6. The van der Waals surface area contributed by atoms with Gasteiger partial charge in [0.1, 0.15) is 17.9 Å². The summed E-state index contributed by atoms with van der Waals surface area (Å²) >= 11 is 0. The SMILES string of the molecule is CO[C@H]1C[C@@H]2CC[C@@H](C)[C@](O)(CC(=O)N3CCCC[C@H]3C(=O)OC([C@H](C)CC3CCC(O)CC3)C/C=C(/C)[C@H](O)CC(=O)[C@H](C)C[C@H](C)/C=C/C=C/C=C/1C)O2. The van der Waals surface area contributed by atoms with E-state index >= 15 is 0 Å². The second-order valence-corrected chi connectivity index (χ2v) is 17.8. The number of aliphatic hydroxyl groups is 3. The molecule has 0 aromatic rings. The predicted molar refractivity (Wildman–Crippen MR) is 218 cm³/mol. The number of carbonyl (C=O) groups excluding carboxylic acids is 3. The lowest BCUT2D eigenvalue weighted by atomic mass is 9.80. The van der Waals surface area contributed by atoms with Crippen LogP contribution in [0.4, 0.5) is 0 Å². The van der Waals surface area contributed by atoms with Crippen LogP contribution in [0.1, 0.15) is 138 Å². The fourth-order valence-electron chi connectivity index (χ4n) is 9.08. The molecule has 0 aromatic carbocycles. The molecule has 1 amide bonds. The highest BCUT2D eigenvalue weighted by molar-refractivity contribution is 5.85. The van der Waals surface area contributed by atoms with E-state index in [0.29, 0.717) is 50.1 Å². The number of fused-ring (bicyclic) bond motifs is 3. The molecule has 4 rings (SSSR count). The third kappa shape index (κ3) is 13.5. The standard InChI is InChI=1S/C46H73NO9/c1-30-13-9-8-10-14-32(3)43(54-7)27-38-22-17-35(6)46(53,56-38)29-44(51)47-24-12-11-15-39(47)45(52)55-42(34(5)26-36-18-20-37(48)21-19-36)23-16-31(2)40(49)28-41(50)33(4)25-30/h8-10,13-14,16,30,33-40,42-43,48-49,53H,11-12,15,17-29H2,1-7H3/b10-8+,13-9+,31-16-,32-14+/t30-,33-,34-,35-,36?,37?,38+,39+,40-,42?,43+,46+/m1/s1. The van der Waals surface area contributed by atoms with E-state index in [0.717, 1.165) is 56.9 Å². The number of nitrogens with zero attached hydrogens (tertiary/aromatic N) is 1. The van der Waals surface area contributed by atoms with Crippen molar-refractivity contribution in [2.45, 2.75) is 180 Å². The van der Waals surface area contributed by atoms with Crippen LogP contribution in [0.2, 0.25) is 0 Å². The van der Waals surface area contributed by atoms with Gasteiger partial charge in [0.05, 0.1) is 30.8 Å². The van der Waals surface area contributed by atoms with Crippen LogP contribution in [-0.2, 0) is 28.6 Å². The molecule has 56 heavy (non-hydrogen) atoms. The Morgan fingerprint density at radius 3 is 2.38 bits per heavy atom. The van der Waals surface area contributed by atoms with Crippen LogP contribution >= 0.6 is 0 Å². The highest BCUT2D eigenvalue weighted by atomic mass is 16.6. The first kappa shape index (κ1) is 46.1. The monoisotopic (exact) mass is 784 g/mol. The Morgan fingerprint density at radius 2 is 1.66 bits per heavy atom. The highest BCUT2D eigenvalue weighted by Gasteiger charge is 2.46. The van der Waals surface area contributed by atoms with Crippen molar-refractivity contribution in [1.29, 1.82) is 0 Å². The third-order valence-electron chi connectivity index (χ3n) is 13.1. The van der Waals surface area contributed by atoms with E-state index in [9.17, 15) is 29.7 Å². The molecule has 0 spiro atoms. The normalized spacial score (nSPS) is 40.5. The Bertz CT molecular complexity index is 1410. The number of methoxy groups -OCH3 is 1. The number of amides is 1. The minimum absolute atomic E-state index is 0.00740. The number of allylic oxidation sites excluding steroid dienone is 5. The minimum Gasteiger partial charge on any atom is -0.460 e. The summed E-state index contributed by atoms with van der Waals surface area (Å²) in [5.74, 6) is -2.40. The minimum atomic E-state index is -1.68. The van der Waals surface area contributed by atoms with E-state index in [1.54, 1.807) is 12.0 Å². The molecule has 10 heteroatoms. The molecule has 3 heterocycles. The third-order valence-corrected chi connectivity index (χ3v) is 13.1. The van der Waals surface area contributed by atoms with E-state index in [1.165, 1.54) is 0 Å².